The summed E-state index contributed by atoms with van der Waals surface area (Å²) in [7, 11) is 3.73. The van der Waals surface area contributed by atoms with Crippen molar-refractivity contribution in [2.75, 3.05) is 24.7 Å². The van der Waals surface area contributed by atoms with Crippen molar-refractivity contribution in [3.05, 3.63) is 23.8 Å². The molecule has 20 heavy (non-hydrogen) atoms. The Labute approximate surface area is 121 Å². The summed E-state index contributed by atoms with van der Waals surface area (Å²) in [5, 5.41) is 2.62. The maximum Gasteiger partial charge on any atom is 0.251 e. The van der Waals surface area contributed by atoms with Gasteiger partial charge >= 0.3 is 0 Å². The summed E-state index contributed by atoms with van der Waals surface area (Å²) in [6.07, 6.45) is 5.05. The lowest BCUT2D eigenvalue weighted by Crippen LogP contribution is -2.36. The van der Waals surface area contributed by atoms with Crippen molar-refractivity contribution >= 4 is 17.3 Å². The number of amides is 1. The fraction of sp³-hybridized carbons (Fsp3) is 0.562. The van der Waals surface area contributed by atoms with E-state index in [1.807, 2.05) is 12.1 Å². The monoisotopic (exact) mass is 275 g/mol. The van der Waals surface area contributed by atoms with Gasteiger partial charge in [-0.2, -0.15) is 0 Å². The molecule has 1 aliphatic carbocycles. The number of nitrogen functional groups attached to an aromatic ring is 1. The van der Waals surface area contributed by atoms with Crippen LogP contribution in [0.3, 0.4) is 0 Å². The first-order chi connectivity index (χ1) is 9.52. The highest BCUT2D eigenvalue weighted by molar-refractivity contribution is 5.96. The van der Waals surface area contributed by atoms with Gasteiger partial charge in [-0.3, -0.25) is 4.79 Å². The van der Waals surface area contributed by atoms with E-state index in [1.165, 1.54) is 25.7 Å². The summed E-state index contributed by atoms with van der Waals surface area (Å²) in [6, 6.07) is 6.11. The molecule has 2 rings (SSSR count). The number of hydrogen-bond acceptors (Lipinski definition) is 3. The van der Waals surface area contributed by atoms with Gasteiger partial charge in [-0.05, 0) is 37.0 Å². The van der Waals surface area contributed by atoms with Crippen LogP contribution in [0.15, 0.2) is 18.2 Å². The molecule has 1 saturated carbocycles. The van der Waals surface area contributed by atoms with E-state index in [-0.39, 0.29) is 5.91 Å². The van der Waals surface area contributed by atoms with Gasteiger partial charge in [-0.1, -0.05) is 19.8 Å². The van der Waals surface area contributed by atoms with Crippen LogP contribution in [0.4, 0.5) is 11.4 Å². The Morgan fingerprint density at radius 2 is 2.15 bits per heavy atom. The first-order valence-corrected chi connectivity index (χ1v) is 7.37. The molecule has 0 saturated heterocycles. The molecular formula is C16H25N3O. The number of nitrogens with one attached hydrogen (secondary N) is 1. The summed E-state index contributed by atoms with van der Waals surface area (Å²) in [5.41, 5.74) is 8.44. The fourth-order valence-corrected chi connectivity index (χ4v) is 3.11. The zero-order valence-electron chi connectivity index (χ0n) is 12.6. The van der Waals surface area contributed by atoms with Gasteiger partial charge in [-0.25, -0.2) is 0 Å². The molecule has 1 amide bonds. The summed E-state index contributed by atoms with van der Waals surface area (Å²) in [5.74, 6) is 0.680. The Balaban J connectivity index is 2.17. The third kappa shape index (κ3) is 3.06. The van der Waals surface area contributed by atoms with Crippen LogP contribution in [0.25, 0.3) is 0 Å². The number of nitrogens with zero attached hydrogens (tertiary/aromatic N) is 1. The van der Waals surface area contributed by atoms with Gasteiger partial charge in [-0.15, -0.1) is 0 Å². The molecule has 0 heterocycles. The van der Waals surface area contributed by atoms with Gasteiger partial charge in [0.1, 0.15) is 0 Å². The minimum Gasteiger partial charge on any atom is -0.397 e. The Hall–Kier alpha value is -1.71. The van der Waals surface area contributed by atoms with Crippen LogP contribution < -0.4 is 16.0 Å². The van der Waals surface area contributed by atoms with Crippen molar-refractivity contribution in [3.8, 4) is 0 Å². The second-order valence-electron chi connectivity index (χ2n) is 5.89. The zero-order valence-corrected chi connectivity index (χ0v) is 12.6. The number of benzene rings is 1. The van der Waals surface area contributed by atoms with Gasteiger partial charge in [0.2, 0.25) is 0 Å². The van der Waals surface area contributed by atoms with Crippen LogP contribution in [0.5, 0.6) is 0 Å². The quantitative estimate of drug-likeness (QED) is 0.834. The summed E-state index contributed by atoms with van der Waals surface area (Å²) < 4.78 is 0. The van der Waals surface area contributed by atoms with Gasteiger partial charge in [0, 0.05) is 25.7 Å². The summed E-state index contributed by atoms with van der Waals surface area (Å²) >= 11 is 0. The maximum atomic E-state index is 11.6. The zero-order chi connectivity index (χ0) is 14.7. The SMILES string of the molecule is CNC(=O)c1ccc(N(C)C2CCCC(C)C2)c(N)c1. The van der Waals surface area contributed by atoms with Crippen molar-refractivity contribution in [2.24, 2.45) is 5.92 Å². The highest BCUT2D eigenvalue weighted by atomic mass is 16.1. The highest BCUT2D eigenvalue weighted by Gasteiger charge is 2.23. The van der Waals surface area contributed by atoms with E-state index in [2.05, 4.69) is 24.2 Å². The van der Waals surface area contributed by atoms with Gasteiger partial charge < -0.3 is 16.0 Å². The number of rotatable bonds is 3. The van der Waals surface area contributed by atoms with E-state index in [0.717, 1.165) is 11.6 Å². The molecule has 0 bridgehead atoms. The second kappa shape index (κ2) is 6.16. The predicted octanol–water partition coefficient (Wildman–Crippen LogP) is 2.64. The average Bonchev–Trinajstić information content (AvgIpc) is 2.45. The van der Waals surface area contributed by atoms with Gasteiger partial charge in [0.05, 0.1) is 11.4 Å². The van der Waals surface area contributed by atoms with Crippen LogP contribution in [-0.2, 0) is 0 Å². The number of carbonyl (C=O) groups is 1. The third-order valence-corrected chi connectivity index (χ3v) is 4.35. The standard InChI is InChI=1S/C16H25N3O/c1-11-5-4-6-13(9-11)19(3)15-8-7-12(10-14(15)17)16(20)18-2/h7-8,10-11,13H,4-6,9,17H2,1-3H3,(H,18,20). The molecule has 1 fully saturated rings. The van der Waals surface area contributed by atoms with E-state index in [4.69, 9.17) is 5.73 Å². The average molecular weight is 275 g/mol. The smallest absolute Gasteiger partial charge is 0.251 e. The minimum absolute atomic E-state index is 0.0998. The third-order valence-electron chi connectivity index (χ3n) is 4.35. The van der Waals surface area contributed by atoms with E-state index < -0.39 is 0 Å². The Morgan fingerprint density at radius 3 is 2.75 bits per heavy atom. The van der Waals surface area contributed by atoms with Gasteiger partial charge in [0.15, 0.2) is 0 Å². The minimum atomic E-state index is -0.0998. The van der Waals surface area contributed by atoms with Crippen molar-refractivity contribution in [3.63, 3.8) is 0 Å². The van der Waals surface area contributed by atoms with E-state index >= 15 is 0 Å². The maximum absolute atomic E-state index is 11.6. The van der Waals surface area contributed by atoms with Crippen LogP contribution >= 0.6 is 0 Å². The van der Waals surface area contributed by atoms with Crippen molar-refractivity contribution in [2.45, 2.75) is 38.6 Å². The molecule has 110 valence electrons. The number of nitrogens with two attached hydrogens (primary N) is 1. The lowest BCUT2D eigenvalue weighted by molar-refractivity contribution is 0.0963. The normalized spacial score (nSPS) is 22.4. The lowest BCUT2D eigenvalue weighted by Gasteiger charge is -2.36. The molecule has 1 aromatic carbocycles. The molecule has 4 nitrogen and oxygen atoms in total. The molecule has 0 radical (unpaired) electrons. The van der Waals surface area contributed by atoms with Crippen LogP contribution in [0.2, 0.25) is 0 Å². The van der Waals surface area contributed by atoms with Crippen LogP contribution in [-0.4, -0.2) is 26.0 Å². The van der Waals surface area contributed by atoms with E-state index in [9.17, 15) is 4.79 Å². The van der Waals surface area contributed by atoms with Crippen molar-refractivity contribution in [1.29, 1.82) is 0 Å². The molecule has 3 N–H and O–H groups in total. The molecule has 0 aliphatic heterocycles. The molecule has 4 heteroatoms. The Bertz CT molecular complexity index is 487. The molecule has 2 atom stereocenters. The second-order valence-corrected chi connectivity index (χ2v) is 5.89. The van der Waals surface area contributed by atoms with Crippen molar-refractivity contribution < 1.29 is 4.79 Å². The molecule has 2 unspecified atom stereocenters. The fourth-order valence-electron chi connectivity index (χ4n) is 3.11. The predicted molar refractivity (Wildman–Crippen MR) is 84.1 cm³/mol. The largest absolute Gasteiger partial charge is 0.397 e. The first-order valence-electron chi connectivity index (χ1n) is 7.37. The molecule has 1 aromatic rings. The molecule has 0 spiro atoms. The molecular weight excluding hydrogens is 250 g/mol. The molecule has 1 aliphatic rings. The Morgan fingerprint density at radius 1 is 1.40 bits per heavy atom. The number of carbonyl (C=O) groups excluding carboxylic acids is 1. The van der Waals surface area contributed by atoms with E-state index in [0.29, 0.717) is 17.3 Å². The van der Waals surface area contributed by atoms with Crippen molar-refractivity contribution in [1.82, 2.24) is 5.32 Å². The summed E-state index contributed by atoms with van der Waals surface area (Å²) in [6.45, 7) is 2.32. The first kappa shape index (κ1) is 14.7. The van der Waals surface area contributed by atoms with E-state index in [1.54, 1.807) is 13.1 Å². The van der Waals surface area contributed by atoms with Gasteiger partial charge in [0.25, 0.3) is 5.91 Å². The number of anilines is 2. The van der Waals surface area contributed by atoms with Crippen LogP contribution in [0.1, 0.15) is 43.0 Å². The highest BCUT2D eigenvalue weighted by Crippen LogP contribution is 2.32. The Kier molecular flexibility index (Phi) is 4.53. The molecule has 0 aromatic heterocycles. The summed E-state index contributed by atoms with van der Waals surface area (Å²) in [4.78, 5) is 13.9. The topological polar surface area (TPSA) is 58.4 Å². The lowest BCUT2D eigenvalue weighted by atomic mass is 9.86. The number of hydrogen-bond donors (Lipinski definition) is 2. The van der Waals surface area contributed by atoms with Crippen LogP contribution in [0, 0.1) is 5.92 Å².